The average molecular weight is 238 g/mol. The van der Waals surface area contributed by atoms with Gasteiger partial charge in [-0.1, -0.05) is 24.3 Å². The number of nitrogens with two attached hydrogens (primary N) is 1. The Bertz CT molecular complexity index is 371. The largest absolute Gasteiger partial charge is 0.326 e. The molecule has 0 aliphatic carbocycles. The van der Waals surface area contributed by atoms with Crippen molar-refractivity contribution in [2.24, 2.45) is 5.73 Å². The standard InChI is InChI=1S/C12H18N2OS/c13-9-11-3-1-2-4-12(11)10-14-5-7-16(15)8-6-14/h1-4H,5-10,13H2. The maximum atomic E-state index is 11.2. The maximum Gasteiger partial charge on any atom is 0.0363 e. The molecule has 1 saturated heterocycles. The second-order valence-corrected chi connectivity index (χ2v) is 5.79. The third-order valence-electron chi connectivity index (χ3n) is 3.00. The first-order valence-electron chi connectivity index (χ1n) is 5.64. The quantitative estimate of drug-likeness (QED) is 0.843. The molecule has 4 heteroatoms. The van der Waals surface area contributed by atoms with E-state index in [1.807, 2.05) is 6.07 Å². The summed E-state index contributed by atoms with van der Waals surface area (Å²) in [7, 11) is -0.592. The summed E-state index contributed by atoms with van der Waals surface area (Å²) >= 11 is 0. The highest BCUT2D eigenvalue weighted by atomic mass is 32.2. The third kappa shape index (κ3) is 2.90. The van der Waals surface area contributed by atoms with E-state index in [9.17, 15) is 4.21 Å². The van der Waals surface area contributed by atoms with Crippen molar-refractivity contribution in [1.29, 1.82) is 0 Å². The Kier molecular flexibility index (Phi) is 4.09. The Morgan fingerprint density at radius 3 is 2.44 bits per heavy atom. The second kappa shape index (κ2) is 5.57. The number of hydrogen-bond donors (Lipinski definition) is 1. The topological polar surface area (TPSA) is 46.3 Å². The second-order valence-electron chi connectivity index (χ2n) is 4.10. The molecule has 0 radical (unpaired) electrons. The molecule has 1 aliphatic heterocycles. The van der Waals surface area contributed by atoms with E-state index in [1.54, 1.807) is 0 Å². The fourth-order valence-electron chi connectivity index (χ4n) is 1.99. The van der Waals surface area contributed by atoms with Crippen LogP contribution in [-0.4, -0.2) is 33.7 Å². The third-order valence-corrected chi connectivity index (χ3v) is 4.28. The molecular weight excluding hydrogens is 220 g/mol. The molecule has 2 rings (SSSR count). The van der Waals surface area contributed by atoms with Crippen LogP contribution in [0.3, 0.4) is 0 Å². The molecule has 16 heavy (non-hydrogen) atoms. The molecule has 0 spiro atoms. The van der Waals surface area contributed by atoms with Gasteiger partial charge in [0.05, 0.1) is 0 Å². The lowest BCUT2D eigenvalue weighted by Gasteiger charge is -2.26. The van der Waals surface area contributed by atoms with E-state index in [-0.39, 0.29) is 0 Å². The van der Waals surface area contributed by atoms with Gasteiger partial charge < -0.3 is 5.73 Å². The molecule has 2 N–H and O–H groups in total. The van der Waals surface area contributed by atoms with Crippen molar-refractivity contribution in [1.82, 2.24) is 4.90 Å². The molecule has 0 saturated carbocycles. The van der Waals surface area contributed by atoms with Crippen molar-refractivity contribution in [3.8, 4) is 0 Å². The van der Waals surface area contributed by atoms with E-state index in [4.69, 9.17) is 5.73 Å². The molecule has 3 nitrogen and oxygen atoms in total. The highest BCUT2D eigenvalue weighted by Gasteiger charge is 2.15. The van der Waals surface area contributed by atoms with Crippen molar-refractivity contribution >= 4 is 10.8 Å². The summed E-state index contributed by atoms with van der Waals surface area (Å²) in [5, 5.41) is 0. The smallest absolute Gasteiger partial charge is 0.0363 e. The molecule has 0 unspecified atom stereocenters. The Hall–Kier alpha value is -0.710. The SMILES string of the molecule is NCc1ccccc1CN1CCS(=O)CC1. The molecule has 1 aromatic carbocycles. The van der Waals surface area contributed by atoms with Crippen molar-refractivity contribution in [3.05, 3.63) is 35.4 Å². The van der Waals surface area contributed by atoms with E-state index in [0.717, 1.165) is 31.1 Å². The highest BCUT2D eigenvalue weighted by Crippen LogP contribution is 2.12. The van der Waals surface area contributed by atoms with Gasteiger partial charge in [-0.15, -0.1) is 0 Å². The van der Waals surface area contributed by atoms with E-state index >= 15 is 0 Å². The molecule has 88 valence electrons. The van der Waals surface area contributed by atoms with Gasteiger partial charge in [0.2, 0.25) is 0 Å². The monoisotopic (exact) mass is 238 g/mol. The molecule has 1 aromatic rings. The zero-order chi connectivity index (χ0) is 11.4. The first-order chi connectivity index (χ1) is 7.79. The Morgan fingerprint density at radius 2 is 1.81 bits per heavy atom. The predicted molar refractivity (Wildman–Crippen MR) is 67.5 cm³/mol. The van der Waals surface area contributed by atoms with Crippen LogP contribution >= 0.6 is 0 Å². The average Bonchev–Trinajstić information content (AvgIpc) is 2.33. The van der Waals surface area contributed by atoms with Crippen LogP contribution in [0.4, 0.5) is 0 Å². The van der Waals surface area contributed by atoms with Gasteiger partial charge in [0.25, 0.3) is 0 Å². The van der Waals surface area contributed by atoms with E-state index < -0.39 is 10.8 Å². The van der Waals surface area contributed by atoms with Crippen LogP contribution in [0.25, 0.3) is 0 Å². The summed E-state index contributed by atoms with van der Waals surface area (Å²) in [6.45, 7) is 3.40. The number of hydrogen-bond acceptors (Lipinski definition) is 3. The lowest BCUT2D eigenvalue weighted by molar-refractivity contribution is 0.290. The molecule has 1 aliphatic rings. The van der Waals surface area contributed by atoms with E-state index in [0.29, 0.717) is 6.54 Å². The summed E-state index contributed by atoms with van der Waals surface area (Å²) in [5.41, 5.74) is 8.23. The van der Waals surface area contributed by atoms with Crippen molar-refractivity contribution in [2.45, 2.75) is 13.1 Å². The summed E-state index contributed by atoms with van der Waals surface area (Å²) in [6.07, 6.45) is 0. The zero-order valence-electron chi connectivity index (χ0n) is 9.39. The zero-order valence-corrected chi connectivity index (χ0v) is 10.2. The van der Waals surface area contributed by atoms with Gasteiger partial charge in [0.15, 0.2) is 0 Å². The Labute approximate surface area is 99.1 Å². The van der Waals surface area contributed by atoms with Crippen LogP contribution < -0.4 is 5.73 Å². The van der Waals surface area contributed by atoms with Crippen LogP contribution in [0.5, 0.6) is 0 Å². The van der Waals surface area contributed by atoms with E-state index in [1.165, 1.54) is 11.1 Å². The van der Waals surface area contributed by atoms with Gasteiger partial charge in [-0.25, -0.2) is 0 Å². The van der Waals surface area contributed by atoms with Crippen molar-refractivity contribution in [3.63, 3.8) is 0 Å². The minimum Gasteiger partial charge on any atom is -0.326 e. The van der Waals surface area contributed by atoms with Crippen LogP contribution in [0.15, 0.2) is 24.3 Å². The predicted octanol–water partition coefficient (Wildman–Crippen LogP) is 0.710. The number of rotatable bonds is 3. The summed E-state index contributed by atoms with van der Waals surface area (Å²) in [5.74, 6) is 1.62. The van der Waals surface area contributed by atoms with Gasteiger partial charge >= 0.3 is 0 Å². The van der Waals surface area contributed by atoms with Crippen LogP contribution in [0.1, 0.15) is 11.1 Å². The van der Waals surface area contributed by atoms with Crippen LogP contribution in [0.2, 0.25) is 0 Å². The molecule has 0 atom stereocenters. The molecule has 1 fully saturated rings. The van der Waals surface area contributed by atoms with Crippen LogP contribution in [0, 0.1) is 0 Å². The normalized spacial score (nSPS) is 18.8. The van der Waals surface area contributed by atoms with Crippen molar-refractivity contribution < 1.29 is 4.21 Å². The fraction of sp³-hybridized carbons (Fsp3) is 0.500. The molecule has 0 amide bonds. The molecule has 0 bridgehead atoms. The van der Waals surface area contributed by atoms with Crippen LogP contribution in [-0.2, 0) is 23.9 Å². The fourth-order valence-corrected chi connectivity index (χ4v) is 3.11. The minimum atomic E-state index is -0.592. The first-order valence-corrected chi connectivity index (χ1v) is 7.12. The van der Waals surface area contributed by atoms with Gasteiger partial charge in [-0.3, -0.25) is 9.11 Å². The lowest BCUT2D eigenvalue weighted by Crippen LogP contribution is -2.37. The summed E-state index contributed by atoms with van der Waals surface area (Å²) in [4.78, 5) is 2.36. The minimum absolute atomic E-state index is 0.592. The molecule has 0 aromatic heterocycles. The molecular formula is C12H18N2OS. The maximum absolute atomic E-state index is 11.2. The number of benzene rings is 1. The van der Waals surface area contributed by atoms with E-state index in [2.05, 4.69) is 23.1 Å². The number of nitrogens with zero attached hydrogens (tertiary/aromatic N) is 1. The molecule has 1 heterocycles. The van der Waals surface area contributed by atoms with Gasteiger partial charge in [-0.2, -0.15) is 0 Å². The first kappa shape index (κ1) is 11.8. The van der Waals surface area contributed by atoms with Crippen molar-refractivity contribution in [2.75, 3.05) is 24.6 Å². The van der Waals surface area contributed by atoms with Gasteiger partial charge in [0.1, 0.15) is 0 Å². The summed E-state index contributed by atoms with van der Waals surface area (Å²) < 4.78 is 11.2. The van der Waals surface area contributed by atoms with Gasteiger partial charge in [0, 0.05) is 48.5 Å². The lowest BCUT2D eigenvalue weighted by atomic mass is 10.1. The Balaban J connectivity index is 2.00. The highest BCUT2D eigenvalue weighted by molar-refractivity contribution is 7.85. The van der Waals surface area contributed by atoms with Gasteiger partial charge in [-0.05, 0) is 11.1 Å². The summed E-state index contributed by atoms with van der Waals surface area (Å²) in [6, 6.07) is 8.29. The Morgan fingerprint density at radius 1 is 1.19 bits per heavy atom.